The van der Waals surface area contributed by atoms with Crippen LogP contribution >= 0.6 is 0 Å². The molecular formula is C11H16N2O2. The van der Waals surface area contributed by atoms with Gasteiger partial charge in [-0.05, 0) is 18.1 Å². The number of carbonyl (C=O) groups excluding carboxylic acids is 1. The third-order valence-electron chi connectivity index (χ3n) is 1.92. The van der Waals surface area contributed by atoms with E-state index in [9.17, 15) is 4.79 Å². The van der Waals surface area contributed by atoms with Gasteiger partial charge in [-0.2, -0.15) is 0 Å². The molecule has 4 heteroatoms. The van der Waals surface area contributed by atoms with Crippen molar-refractivity contribution in [2.45, 2.75) is 19.8 Å². The zero-order chi connectivity index (χ0) is 11.4. The summed E-state index contributed by atoms with van der Waals surface area (Å²) in [6, 6.07) is 3.62. The molecule has 82 valence electrons. The molecule has 0 aromatic carbocycles. The van der Waals surface area contributed by atoms with Crippen LogP contribution in [0.2, 0.25) is 0 Å². The largest absolute Gasteiger partial charge is 0.414 e. The van der Waals surface area contributed by atoms with Crippen LogP contribution in [0.5, 0.6) is 5.75 Å². The van der Waals surface area contributed by atoms with Gasteiger partial charge in [-0.15, -0.1) is 0 Å². The Morgan fingerprint density at radius 2 is 2.07 bits per heavy atom. The lowest BCUT2D eigenvalue weighted by Crippen LogP contribution is -2.25. The first-order valence-electron chi connectivity index (χ1n) is 4.85. The molecular weight excluding hydrogens is 192 g/mol. The zero-order valence-corrected chi connectivity index (χ0v) is 9.52. The summed E-state index contributed by atoms with van der Waals surface area (Å²) < 4.78 is 5.04. The lowest BCUT2D eigenvalue weighted by Gasteiger charge is -2.11. The van der Waals surface area contributed by atoms with E-state index >= 15 is 0 Å². The Labute approximate surface area is 89.9 Å². The second-order valence-corrected chi connectivity index (χ2v) is 3.84. The van der Waals surface area contributed by atoms with Crippen molar-refractivity contribution in [3.05, 3.63) is 24.0 Å². The summed E-state index contributed by atoms with van der Waals surface area (Å²) in [4.78, 5) is 16.8. The number of nitrogens with zero attached hydrogens (tertiary/aromatic N) is 2. The van der Waals surface area contributed by atoms with Gasteiger partial charge >= 0.3 is 6.09 Å². The zero-order valence-electron chi connectivity index (χ0n) is 9.52. The van der Waals surface area contributed by atoms with E-state index in [4.69, 9.17) is 4.74 Å². The number of carbonyl (C=O) groups is 1. The molecule has 0 fully saturated rings. The minimum absolute atomic E-state index is 0.378. The highest BCUT2D eigenvalue weighted by Gasteiger charge is 2.07. The molecule has 0 unspecified atom stereocenters. The summed E-state index contributed by atoms with van der Waals surface area (Å²) >= 11 is 0. The molecule has 0 atom stereocenters. The number of ether oxygens (including phenoxy) is 1. The minimum Gasteiger partial charge on any atom is -0.409 e. The fourth-order valence-corrected chi connectivity index (χ4v) is 0.986. The highest BCUT2D eigenvalue weighted by Crippen LogP contribution is 2.15. The topological polar surface area (TPSA) is 42.4 Å². The van der Waals surface area contributed by atoms with E-state index in [1.54, 1.807) is 26.4 Å². The van der Waals surface area contributed by atoms with Crippen LogP contribution < -0.4 is 4.74 Å². The summed E-state index contributed by atoms with van der Waals surface area (Å²) in [6.45, 7) is 4.13. The van der Waals surface area contributed by atoms with Crippen molar-refractivity contribution in [3.63, 3.8) is 0 Å². The Morgan fingerprint density at radius 3 is 2.47 bits per heavy atom. The average molecular weight is 208 g/mol. The molecule has 0 N–H and O–H groups in total. The summed E-state index contributed by atoms with van der Waals surface area (Å²) in [7, 11) is 3.27. The smallest absolute Gasteiger partial charge is 0.409 e. The van der Waals surface area contributed by atoms with Crippen LogP contribution in [0.25, 0.3) is 0 Å². The van der Waals surface area contributed by atoms with E-state index in [-0.39, 0.29) is 0 Å². The van der Waals surface area contributed by atoms with E-state index in [0.29, 0.717) is 11.7 Å². The van der Waals surface area contributed by atoms with Gasteiger partial charge in [0.25, 0.3) is 0 Å². The fourth-order valence-electron chi connectivity index (χ4n) is 0.986. The van der Waals surface area contributed by atoms with Crippen LogP contribution in [0.3, 0.4) is 0 Å². The van der Waals surface area contributed by atoms with E-state index in [1.807, 2.05) is 6.07 Å². The first-order valence-corrected chi connectivity index (χ1v) is 4.85. The fraction of sp³-hybridized carbons (Fsp3) is 0.455. The number of pyridine rings is 1. The third-order valence-corrected chi connectivity index (χ3v) is 1.92. The Morgan fingerprint density at radius 1 is 1.40 bits per heavy atom. The van der Waals surface area contributed by atoms with Gasteiger partial charge in [0.1, 0.15) is 0 Å². The summed E-state index contributed by atoms with van der Waals surface area (Å²) in [5.41, 5.74) is 0.986. The monoisotopic (exact) mass is 208 g/mol. The minimum atomic E-state index is -0.394. The Hall–Kier alpha value is -1.58. The average Bonchev–Trinajstić information content (AvgIpc) is 2.18. The van der Waals surface area contributed by atoms with Crippen LogP contribution in [-0.4, -0.2) is 30.1 Å². The summed E-state index contributed by atoms with van der Waals surface area (Å²) in [5, 5.41) is 0. The predicted octanol–water partition coefficient (Wildman–Crippen LogP) is 2.27. The van der Waals surface area contributed by atoms with E-state index in [2.05, 4.69) is 18.8 Å². The van der Waals surface area contributed by atoms with Gasteiger partial charge in [-0.3, -0.25) is 4.98 Å². The molecule has 1 aromatic heterocycles. The van der Waals surface area contributed by atoms with Crippen molar-refractivity contribution in [2.75, 3.05) is 14.1 Å². The van der Waals surface area contributed by atoms with Gasteiger partial charge in [-0.1, -0.05) is 13.8 Å². The molecule has 0 aliphatic rings. The molecule has 15 heavy (non-hydrogen) atoms. The molecule has 0 radical (unpaired) electrons. The van der Waals surface area contributed by atoms with Crippen molar-refractivity contribution in [3.8, 4) is 5.75 Å². The molecule has 0 saturated carbocycles. The van der Waals surface area contributed by atoms with Crippen molar-refractivity contribution < 1.29 is 9.53 Å². The normalized spacial score (nSPS) is 10.2. The number of hydrogen-bond donors (Lipinski definition) is 0. The highest BCUT2D eigenvalue weighted by molar-refractivity contribution is 5.69. The number of amides is 1. The van der Waals surface area contributed by atoms with Crippen molar-refractivity contribution in [1.82, 2.24) is 9.88 Å². The van der Waals surface area contributed by atoms with Gasteiger partial charge in [-0.25, -0.2) is 4.79 Å². The number of aromatic nitrogens is 1. The Bertz CT molecular complexity index is 331. The van der Waals surface area contributed by atoms with Crippen LogP contribution in [0.4, 0.5) is 4.79 Å². The summed E-state index contributed by atoms with van der Waals surface area (Å²) in [5.74, 6) is 0.849. The molecule has 0 aliphatic heterocycles. The molecule has 1 amide bonds. The van der Waals surface area contributed by atoms with Crippen LogP contribution in [0.15, 0.2) is 18.3 Å². The maximum atomic E-state index is 11.2. The number of hydrogen-bond acceptors (Lipinski definition) is 3. The van der Waals surface area contributed by atoms with Crippen LogP contribution in [0, 0.1) is 0 Å². The quantitative estimate of drug-likeness (QED) is 0.748. The molecule has 1 rings (SSSR count). The van der Waals surface area contributed by atoms with E-state index < -0.39 is 6.09 Å². The van der Waals surface area contributed by atoms with Crippen molar-refractivity contribution >= 4 is 6.09 Å². The third kappa shape index (κ3) is 3.23. The van der Waals surface area contributed by atoms with Gasteiger partial charge < -0.3 is 9.64 Å². The van der Waals surface area contributed by atoms with Gasteiger partial charge in [0.15, 0.2) is 5.75 Å². The van der Waals surface area contributed by atoms with E-state index in [1.165, 1.54) is 4.90 Å². The molecule has 0 aliphatic carbocycles. The lowest BCUT2D eigenvalue weighted by molar-refractivity contribution is 0.171. The SMILES string of the molecule is CC(C)c1ccc(OC(=O)N(C)C)cn1. The molecule has 4 nitrogen and oxygen atoms in total. The first-order chi connectivity index (χ1) is 7.00. The Kier molecular flexibility index (Phi) is 3.66. The maximum Gasteiger partial charge on any atom is 0.414 e. The summed E-state index contributed by atoms with van der Waals surface area (Å²) in [6.07, 6.45) is 1.17. The molecule has 1 aromatic rings. The molecule has 1 heterocycles. The predicted molar refractivity (Wildman–Crippen MR) is 58.0 cm³/mol. The molecule has 0 spiro atoms. The maximum absolute atomic E-state index is 11.2. The molecule has 0 saturated heterocycles. The number of rotatable bonds is 2. The second-order valence-electron chi connectivity index (χ2n) is 3.84. The highest BCUT2D eigenvalue weighted by atomic mass is 16.6. The van der Waals surface area contributed by atoms with Gasteiger partial charge in [0, 0.05) is 19.8 Å². The van der Waals surface area contributed by atoms with Crippen LogP contribution in [-0.2, 0) is 0 Å². The van der Waals surface area contributed by atoms with Crippen molar-refractivity contribution in [2.24, 2.45) is 0 Å². The van der Waals surface area contributed by atoms with Gasteiger partial charge in [0.2, 0.25) is 0 Å². The first kappa shape index (κ1) is 11.5. The standard InChI is InChI=1S/C11H16N2O2/c1-8(2)10-6-5-9(7-12-10)15-11(14)13(3)4/h5-8H,1-4H3. The second kappa shape index (κ2) is 4.77. The lowest BCUT2D eigenvalue weighted by atomic mass is 10.1. The van der Waals surface area contributed by atoms with Crippen LogP contribution in [0.1, 0.15) is 25.5 Å². The van der Waals surface area contributed by atoms with Gasteiger partial charge in [0.05, 0.1) is 6.20 Å². The van der Waals surface area contributed by atoms with Crippen molar-refractivity contribution in [1.29, 1.82) is 0 Å². The van der Waals surface area contributed by atoms with E-state index in [0.717, 1.165) is 5.69 Å². The Balaban J connectivity index is 2.69. The molecule has 0 bridgehead atoms.